The summed E-state index contributed by atoms with van der Waals surface area (Å²) in [4.78, 5) is 16.4. The van der Waals surface area contributed by atoms with Crippen LogP contribution in [0.4, 0.5) is 23.1 Å². The standard InChI is InChI=1S/C8H12N6S.C8H15N5S.CH4/c1-2-3-4-15-8-10-6(9)5-7(11-8)13-14-12-5;1-2-3-4-14-8-12-6(10)5(9)7(11)13-8;/h2-4H2,1H3,(H3,9,10,11,12,13,14);2-4,9H2,1H3,(H4,10,11,12,13);1H4. The van der Waals surface area contributed by atoms with Crippen LogP contribution in [-0.4, -0.2) is 46.9 Å². The van der Waals surface area contributed by atoms with Crippen molar-refractivity contribution in [1.82, 2.24) is 35.3 Å². The van der Waals surface area contributed by atoms with Crippen molar-refractivity contribution in [3.05, 3.63) is 0 Å². The zero-order valence-corrected chi connectivity index (χ0v) is 18.2. The first kappa shape index (κ1) is 25.5. The lowest BCUT2D eigenvalue weighted by molar-refractivity contribution is 0.890. The summed E-state index contributed by atoms with van der Waals surface area (Å²) < 4.78 is 0. The number of rotatable bonds is 8. The van der Waals surface area contributed by atoms with Crippen molar-refractivity contribution in [3.8, 4) is 0 Å². The number of unbranched alkanes of at least 4 members (excludes halogenated alkanes) is 2. The number of aromatic amines is 1. The summed E-state index contributed by atoms with van der Waals surface area (Å²) in [5.74, 6) is 2.87. The van der Waals surface area contributed by atoms with Gasteiger partial charge >= 0.3 is 0 Å². The van der Waals surface area contributed by atoms with Crippen LogP contribution in [0.3, 0.4) is 0 Å². The van der Waals surface area contributed by atoms with Crippen LogP contribution in [0.15, 0.2) is 10.3 Å². The van der Waals surface area contributed by atoms with Gasteiger partial charge in [0.1, 0.15) is 5.69 Å². The Bertz CT molecular complexity index is 893. The number of fused-ring (bicyclic) bond motifs is 1. The van der Waals surface area contributed by atoms with E-state index in [1.807, 2.05) is 0 Å². The fraction of sp³-hybridized carbons (Fsp3) is 0.529. The Kier molecular flexibility index (Phi) is 11.0. The van der Waals surface area contributed by atoms with Crippen LogP contribution in [0, 0.1) is 0 Å². The van der Waals surface area contributed by atoms with Crippen LogP contribution in [-0.2, 0) is 0 Å². The van der Waals surface area contributed by atoms with Crippen LogP contribution in [0.5, 0.6) is 0 Å². The largest absolute Gasteiger partial charge is 0.393 e. The second-order valence-corrected chi connectivity index (χ2v) is 8.11. The van der Waals surface area contributed by atoms with Gasteiger partial charge < -0.3 is 22.9 Å². The number of hydrogen-bond donors (Lipinski definition) is 5. The summed E-state index contributed by atoms with van der Waals surface area (Å²) in [6.45, 7) is 4.28. The fourth-order valence-electron chi connectivity index (χ4n) is 1.97. The molecular formula is C17H31N11S2. The molecule has 0 amide bonds. The van der Waals surface area contributed by atoms with E-state index in [4.69, 9.17) is 22.9 Å². The van der Waals surface area contributed by atoms with Crippen LogP contribution in [0.2, 0.25) is 0 Å². The van der Waals surface area contributed by atoms with Gasteiger partial charge in [-0.1, -0.05) is 57.6 Å². The molecule has 0 aliphatic heterocycles. The summed E-state index contributed by atoms with van der Waals surface area (Å²) >= 11 is 3.14. The van der Waals surface area contributed by atoms with Gasteiger partial charge in [0.2, 0.25) is 5.65 Å². The van der Waals surface area contributed by atoms with E-state index in [0.717, 1.165) is 37.2 Å². The summed E-state index contributed by atoms with van der Waals surface area (Å²) in [5.41, 5.74) is 23.7. The summed E-state index contributed by atoms with van der Waals surface area (Å²) in [6, 6.07) is 0. The minimum absolute atomic E-state index is 0. The van der Waals surface area contributed by atoms with Gasteiger partial charge in [0, 0.05) is 11.5 Å². The molecule has 3 aromatic rings. The van der Waals surface area contributed by atoms with Crippen molar-refractivity contribution < 1.29 is 0 Å². The van der Waals surface area contributed by atoms with Gasteiger partial charge in [-0.15, -0.1) is 5.10 Å². The van der Waals surface area contributed by atoms with Crippen molar-refractivity contribution in [2.75, 3.05) is 34.4 Å². The van der Waals surface area contributed by atoms with Crippen LogP contribution >= 0.6 is 23.5 Å². The van der Waals surface area contributed by atoms with Crippen LogP contribution in [0.25, 0.3) is 11.2 Å². The average Bonchev–Trinajstić information content (AvgIpc) is 3.16. The monoisotopic (exact) mass is 453 g/mol. The van der Waals surface area contributed by atoms with Gasteiger partial charge in [0.05, 0.1) is 0 Å². The molecule has 13 heteroatoms. The van der Waals surface area contributed by atoms with E-state index < -0.39 is 0 Å². The molecule has 0 aliphatic rings. The molecule has 0 aliphatic carbocycles. The summed E-state index contributed by atoms with van der Waals surface area (Å²) in [6.07, 6.45) is 4.57. The second-order valence-electron chi connectivity index (χ2n) is 5.98. The second kappa shape index (κ2) is 12.9. The SMILES string of the molecule is C.CCCCSc1nc(N)c(N)c(N)n1.CCCCSc1nc(N)c2n[nH]nc2n1. The molecule has 166 valence electrons. The molecule has 0 atom stereocenters. The molecule has 0 saturated heterocycles. The fourth-order valence-corrected chi connectivity index (χ4v) is 3.84. The highest BCUT2D eigenvalue weighted by atomic mass is 32.2. The Labute approximate surface area is 185 Å². The number of anilines is 4. The van der Waals surface area contributed by atoms with Crippen molar-refractivity contribution in [3.63, 3.8) is 0 Å². The van der Waals surface area contributed by atoms with Crippen molar-refractivity contribution in [2.24, 2.45) is 0 Å². The molecule has 3 aromatic heterocycles. The van der Waals surface area contributed by atoms with E-state index in [-0.39, 0.29) is 24.7 Å². The lowest BCUT2D eigenvalue weighted by Crippen LogP contribution is -2.06. The van der Waals surface area contributed by atoms with E-state index >= 15 is 0 Å². The maximum absolute atomic E-state index is 5.72. The maximum Gasteiger partial charge on any atom is 0.207 e. The third-order valence-electron chi connectivity index (χ3n) is 3.63. The average molecular weight is 454 g/mol. The van der Waals surface area contributed by atoms with E-state index in [0.29, 0.717) is 27.3 Å². The number of nitrogens with one attached hydrogen (secondary N) is 1. The molecule has 9 N–H and O–H groups in total. The Morgan fingerprint density at radius 3 is 1.77 bits per heavy atom. The summed E-state index contributed by atoms with van der Waals surface area (Å²) in [5, 5.41) is 11.5. The summed E-state index contributed by atoms with van der Waals surface area (Å²) in [7, 11) is 0. The van der Waals surface area contributed by atoms with Gasteiger partial charge in [0.15, 0.2) is 33.3 Å². The molecule has 3 heterocycles. The molecule has 0 aromatic carbocycles. The number of nitrogens with zero attached hydrogens (tertiary/aromatic N) is 6. The molecular weight excluding hydrogens is 422 g/mol. The van der Waals surface area contributed by atoms with E-state index in [2.05, 4.69) is 49.2 Å². The third-order valence-corrected chi connectivity index (χ3v) is 5.50. The van der Waals surface area contributed by atoms with Crippen molar-refractivity contribution >= 4 is 57.8 Å². The normalized spacial score (nSPS) is 10.3. The number of H-pyrrole nitrogens is 1. The Balaban J connectivity index is 0.000000291. The Morgan fingerprint density at radius 1 is 0.733 bits per heavy atom. The van der Waals surface area contributed by atoms with Gasteiger partial charge in [-0.2, -0.15) is 15.3 Å². The number of hydrogen-bond acceptors (Lipinski definition) is 12. The molecule has 3 rings (SSSR count). The topological polar surface area (TPSA) is 197 Å². The minimum Gasteiger partial charge on any atom is -0.393 e. The third kappa shape index (κ3) is 7.37. The maximum atomic E-state index is 5.72. The predicted octanol–water partition coefficient (Wildman–Crippen LogP) is 2.97. The first-order valence-electron chi connectivity index (χ1n) is 9.24. The first-order chi connectivity index (χ1) is 14.0. The quantitative estimate of drug-likeness (QED) is 0.190. The minimum atomic E-state index is 0. The van der Waals surface area contributed by atoms with Crippen LogP contribution < -0.4 is 22.9 Å². The number of nitrogen functional groups attached to an aromatic ring is 4. The highest BCUT2D eigenvalue weighted by Crippen LogP contribution is 2.23. The molecule has 0 unspecified atom stereocenters. The van der Waals surface area contributed by atoms with E-state index in [1.54, 1.807) is 23.5 Å². The van der Waals surface area contributed by atoms with Gasteiger partial charge in [-0.3, -0.25) is 0 Å². The number of aromatic nitrogens is 7. The van der Waals surface area contributed by atoms with Crippen LogP contribution in [0.1, 0.15) is 47.0 Å². The molecule has 0 spiro atoms. The molecule has 0 bridgehead atoms. The first-order valence-corrected chi connectivity index (χ1v) is 11.2. The van der Waals surface area contributed by atoms with Gasteiger partial charge in [-0.25, -0.2) is 15.0 Å². The number of nitrogens with two attached hydrogens (primary N) is 4. The molecule has 0 radical (unpaired) electrons. The Hall–Kier alpha value is -2.54. The lowest BCUT2D eigenvalue weighted by Gasteiger charge is -2.05. The Morgan fingerprint density at radius 2 is 1.23 bits per heavy atom. The van der Waals surface area contributed by atoms with E-state index in [1.165, 1.54) is 0 Å². The molecule has 11 nitrogen and oxygen atoms in total. The highest BCUT2D eigenvalue weighted by molar-refractivity contribution is 7.99. The smallest absolute Gasteiger partial charge is 0.207 e. The van der Waals surface area contributed by atoms with Crippen molar-refractivity contribution in [2.45, 2.75) is 57.3 Å². The zero-order chi connectivity index (χ0) is 21.2. The molecule has 30 heavy (non-hydrogen) atoms. The van der Waals surface area contributed by atoms with E-state index in [9.17, 15) is 0 Å². The van der Waals surface area contributed by atoms with Gasteiger partial charge in [0.25, 0.3) is 0 Å². The number of thioether (sulfide) groups is 2. The molecule has 0 fully saturated rings. The molecule has 0 saturated carbocycles. The highest BCUT2D eigenvalue weighted by Gasteiger charge is 2.08. The lowest BCUT2D eigenvalue weighted by atomic mass is 10.4. The predicted molar refractivity (Wildman–Crippen MR) is 127 cm³/mol. The van der Waals surface area contributed by atoms with Gasteiger partial charge in [-0.05, 0) is 12.8 Å². The van der Waals surface area contributed by atoms with Crippen molar-refractivity contribution in [1.29, 1.82) is 0 Å². The zero-order valence-electron chi connectivity index (χ0n) is 16.6.